The fourth-order valence-corrected chi connectivity index (χ4v) is 3.21. The SMILES string of the molecule is Cc1cnn(C2(C(=O)O)CCN(C(=O)N3CCOCC3)CC2)c1. The van der Waals surface area contributed by atoms with E-state index in [0.717, 1.165) is 5.56 Å². The van der Waals surface area contributed by atoms with E-state index in [1.54, 1.807) is 26.9 Å². The standard InChI is InChI=1S/C15H22N4O4/c1-12-10-16-19(11-12)15(13(20)21)2-4-17(5-3-15)14(22)18-6-8-23-9-7-18/h10-11H,2-9H2,1H3,(H,20,21). The average Bonchev–Trinajstić information content (AvgIpc) is 3.02. The topological polar surface area (TPSA) is 87.9 Å². The van der Waals surface area contributed by atoms with E-state index in [2.05, 4.69) is 5.10 Å². The summed E-state index contributed by atoms with van der Waals surface area (Å²) >= 11 is 0. The molecule has 0 aliphatic carbocycles. The van der Waals surface area contributed by atoms with Gasteiger partial charge in [-0.05, 0) is 12.5 Å². The molecule has 0 unspecified atom stereocenters. The van der Waals surface area contributed by atoms with Gasteiger partial charge in [0.1, 0.15) is 0 Å². The highest BCUT2D eigenvalue weighted by molar-refractivity contribution is 5.78. The molecule has 0 aromatic carbocycles. The monoisotopic (exact) mass is 322 g/mol. The number of carbonyl (C=O) groups is 2. The van der Waals surface area contributed by atoms with Gasteiger partial charge in [0, 0.05) is 45.2 Å². The Morgan fingerprint density at radius 3 is 2.30 bits per heavy atom. The number of likely N-dealkylation sites (tertiary alicyclic amines) is 1. The van der Waals surface area contributed by atoms with Crippen molar-refractivity contribution >= 4 is 12.0 Å². The van der Waals surface area contributed by atoms with Crippen LogP contribution in [0.1, 0.15) is 18.4 Å². The normalized spacial score (nSPS) is 21.3. The van der Waals surface area contributed by atoms with Crippen molar-refractivity contribution in [2.24, 2.45) is 0 Å². The third kappa shape index (κ3) is 2.90. The van der Waals surface area contributed by atoms with Gasteiger partial charge >= 0.3 is 12.0 Å². The second-order valence-corrected chi connectivity index (χ2v) is 6.17. The van der Waals surface area contributed by atoms with Gasteiger partial charge in [0.25, 0.3) is 0 Å². The third-order valence-electron chi connectivity index (χ3n) is 4.69. The summed E-state index contributed by atoms with van der Waals surface area (Å²) in [5.41, 5.74) is -0.131. The summed E-state index contributed by atoms with van der Waals surface area (Å²) in [5.74, 6) is -0.890. The number of hydrogen-bond donors (Lipinski definition) is 1. The first-order valence-corrected chi connectivity index (χ1v) is 7.90. The van der Waals surface area contributed by atoms with Gasteiger partial charge < -0.3 is 19.6 Å². The summed E-state index contributed by atoms with van der Waals surface area (Å²) < 4.78 is 6.80. The number of urea groups is 1. The molecule has 3 rings (SSSR count). The lowest BCUT2D eigenvalue weighted by molar-refractivity contribution is -0.150. The van der Waals surface area contributed by atoms with Crippen molar-refractivity contribution in [2.75, 3.05) is 39.4 Å². The van der Waals surface area contributed by atoms with E-state index in [4.69, 9.17) is 4.74 Å². The summed E-state index contributed by atoms with van der Waals surface area (Å²) in [6, 6.07) is -0.0241. The van der Waals surface area contributed by atoms with Crippen molar-refractivity contribution in [3.63, 3.8) is 0 Å². The molecule has 0 bridgehead atoms. The van der Waals surface area contributed by atoms with Gasteiger partial charge in [-0.25, -0.2) is 9.59 Å². The number of aliphatic carboxylic acids is 1. The van der Waals surface area contributed by atoms with Gasteiger partial charge in [-0.3, -0.25) is 4.68 Å². The van der Waals surface area contributed by atoms with Crippen LogP contribution in [0.15, 0.2) is 12.4 Å². The van der Waals surface area contributed by atoms with Crippen LogP contribution in [-0.4, -0.2) is 76.1 Å². The van der Waals surface area contributed by atoms with Gasteiger partial charge in [-0.2, -0.15) is 5.10 Å². The maximum absolute atomic E-state index is 12.5. The molecule has 8 nitrogen and oxygen atoms in total. The number of rotatable bonds is 2. The van der Waals surface area contributed by atoms with Crippen molar-refractivity contribution in [2.45, 2.75) is 25.3 Å². The van der Waals surface area contributed by atoms with E-state index < -0.39 is 11.5 Å². The molecule has 2 amide bonds. The molecule has 8 heteroatoms. The summed E-state index contributed by atoms with van der Waals surface area (Å²) in [6.07, 6.45) is 4.14. The molecule has 1 N–H and O–H groups in total. The van der Waals surface area contributed by atoms with Crippen LogP contribution in [0.3, 0.4) is 0 Å². The number of ether oxygens (including phenoxy) is 1. The van der Waals surface area contributed by atoms with Gasteiger partial charge in [0.15, 0.2) is 5.54 Å². The number of carbonyl (C=O) groups excluding carboxylic acids is 1. The first-order chi connectivity index (χ1) is 11.0. The van der Waals surface area contributed by atoms with Crippen LogP contribution in [-0.2, 0) is 15.1 Å². The van der Waals surface area contributed by atoms with Crippen molar-refractivity contribution < 1.29 is 19.4 Å². The number of aryl methyl sites for hydroxylation is 1. The minimum absolute atomic E-state index is 0.0241. The number of carboxylic acid groups (broad SMARTS) is 1. The molecule has 1 aromatic heterocycles. The first kappa shape index (κ1) is 15.8. The molecular weight excluding hydrogens is 300 g/mol. The Kier molecular flexibility index (Phi) is 4.25. The lowest BCUT2D eigenvalue weighted by atomic mass is 9.87. The highest BCUT2D eigenvalue weighted by atomic mass is 16.5. The molecule has 23 heavy (non-hydrogen) atoms. The Hall–Kier alpha value is -2.09. The zero-order valence-corrected chi connectivity index (χ0v) is 13.3. The van der Waals surface area contributed by atoms with E-state index in [0.29, 0.717) is 52.2 Å². The van der Waals surface area contributed by atoms with Crippen LogP contribution in [0.5, 0.6) is 0 Å². The van der Waals surface area contributed by atoms with Gasteiger partial charge in [-0.1, -0.05) is 0 Å². The Morgan fingerprint density at radius 2 is 1.78 bits per heavy atom. The van der Waals surface area contributed by atoms with Crippen molar-refractivity contribution in [1.29, 1.82) is 0 Å². The van der Waals surface area contributed by atoms with E-state index in [1.165, 1.54) is 0 Å². The summed E-state index contributed by atoms with van der Waals surface area (Å²) in [6.45, 7) is 5.03. The molecule has 0 atom stereocenters. The predicted molar refractivity (Wildman–Crippen MR) is 81.2 cm³/mol. The Labute approximate surface area is 134 Å². The largest absolute Gasteiger partial charge is 0.479 e. The average molecular weight is 322 g/mol. The first-order valence-electron chi connectivity index (χ1n) is 7.90. The molecule has 1 aromatic rings. The zero-order valence-electron chi connectivity index (χ0n) is 13.3. The summed E-state index contributed by atoms with van der Waals surface area (Å²) in [5, 5.41) is 13.9. The third-order valence-corrected chi connectivity index (χ3v) is 4.69. The van der Waals surface area contributed by atoms with Crippen LogP contribution >= 0.6 is 0 Å². The molecule has 0 saturated carbocycles. The van der Waals surface area contributed by atoms with Crippen LogP contribution in [0, 0.1) is 6.92 Å². The molecule has 0 radical (unpaired) electrons. The maximum Gasteiger partial charge on any atom is 0.331 e. The second kappa shape index (κ2) is 6.19. The van der Waals surface area contributed by atoms with E-state index in [9.17, 15) is 14.7 Å². The van der Waals surface area contributed by atoms with Crippen molar-refractivity contribution in [1.82, 2.24) is 19.6 Å². The number of carboxylic acids is 1. The molecule has 3 heterocycles. The lowest BCUT2D eigenvalue weighted by Gasteiger charge is -2.41. The molecule has 2 aliphatic heterocycles. The molecule has 126 valence electrons. The number of hydrogen-bond acceptors (Lipinski definition) is 4. The minimum atomic E-state index is -1.06. The summed E-state index contributed by atoms with van der Waals surface area (Å²) in [7, 11) is 0. The van der Waals surface area contributed by atoms with Crippen LogP contribution < -0.4 is 0 Å². The fourth-order valence-electron chi connectivity index (χ4n) is 3.21. The Morgan fingerprint density at radius 1 is 1.17 bits per heavy atom. The predicted octanol–water partition coefficient (Wildman–Crippen LogP) is 0.519. The van der Waals surface area contributed by atoms with E-state index >= 15 is 0 Å². The summed E-state index contributed by atoms with van der Waals surface area (Å²) in [4.78, 5) is 27.9. The van der Waals surface area contributed by atoms with Gasteiger partial charge in [0.05, 0.1) is 19.4 Å². The number of amides is 2. The smallest absolute Gasteiger partial charge is 0.331 e. The minimum Gasteiger partial charge on any atom is -0.479 e. The zero-order chi connectivity index (χ0) is 16.4. The van der Waals surface area contributed by atoms with Gasteiger partial charge in [0.2, 0.25) is 0 Å². The van der Waals surface area contributed by atoms with Crippen molar-refractivity contribution in [3.05, 3.63) is 18.0 Å². The fraction of sp³-hybridized carbons (Fsp3) is 0.667. The highest BCUT2D eigenvalue weighted by Gasteiger charge is 2.45. The highest BCUT2D eigenvalue weighted by Crippen LogP contribution is 2.31. The van der Waals surface area contributed by atoms with E-state index in [1.807, 2.05) is 6.92 Å². The number of nitrogens with zero attached hydrogens (tertiary/aromatic N) is 4. The number of aromatic nitrogens is 2. The van der Waals surface area contributed by atoms with Crippen molar-refractivity contribution in [3.8, 4) is 0 Å². The van der Waals surface area contributed by atoms with Gasteiger partial charge in [-0.15, -0.1) is 0 Å². The van der Waals surface area contributed by atoms with Crippen LogP contribution in [0.25, 0.3) is 0 Å². The maximum atomic E-state index is 12.5. The molecule has 2 saturated heterocycles. The van der Waals surface area contributed by atoms with Crippen LogP contribution in [0.4, 0.5) is 4.79 Å². The number of morpholine rings is 1. The molecule has 0 spiro atoms. The Balaban J connectivity index is 1.70. The molecule has 2 aliphatic rings. The van der Waals surface area contributed by atoms with E-state index in [-0.39, 0.29) is 6.03 Å². The molecule has 2 fully saturated rings. The quantitative estimate of drug-likeness (QED) is 0.857. The Bertz CT molecular complexity index is 586. The number of piperidine rings is 1. The lowest BCUT2D eigenvalue weighted by Crippen LogP contribution is -2.56. The van der Waals surface area contributed by atoms with Crippen LogP contribution in [0.2, 0.25) is 0 Å². The molecular formula is C15H22N4O4. The second-order valence-electron chi connectivity index (χ2n) is 6.17.